The van der Waals surface area contributed by atoms with Gasteiger partial charge in [-0.2, -0.15) is 0 Å². The van der Waals surface area contributed by atoms with E-state index in [0.29, 0.717) is 16.7 Å². The fraction of sp³-hybridized carbons (Fsp3) is 0.0833. The van der Waals surface area contributed by atoms with E-state index in [4.69, 9.17) is 9.15 Å². The Hall–Kier alpha value is -3.86. The van der Waals surface area contributed by atoms with E-state index in [1.165, 1.54) is 18.4 Å². The van der Waals surface area contributed by atoms with Gasteiger partial charge in [-0.1, -0.05) is 54.6 Å². The molecule has 4 aromatic rings. The van der Waals surface area contributed by atoms with Crippen molar-refractivity contribution in [3.8, 4) is 16.9 Å². The van der Waals surface area contributed by atoms with Crippen molar-refractivity contribution in [3.05, 3.63) is 90.2 Å². The Balaban J connectivity index is 1.35. The highest BCUT2D eigenvalue weighted by atomic mass is 16.5. The molecule has 5 nitrogen and oxygen atoms in total. The molecule has 0 saturated heterocycles. The lowest BCUT2D eigenvalue weighted by Crippen LogP contribution is -2.15. The van der Waals surface area contributed by atoms with Crippen LogP contribution in [0.3, 0.4) is 0 Å². The van der Waals surface area contributed by atoms with Crippen molar-refractivity contribution >= 4 is 22.7 Å². The highest BCUT2D eigenvalue weighted by Crippen LogP contribution is 2.25. The molecule has 29 heavy (non-hydrogen) atoms. The molecule has 5 heteroatoms. The van der Waals surface area contributed by atoms with E-state index in [-0.39, 0.29) is 24.6 Å². The predicted molar refractivity (Wildman–Crippen MR) is 109 cm³/mol. The number of carbonyl (C=O) groups excluding carboxylic acids is 2. The van der Waals surface area contributed by atoms with Gasteiger partial charge in [0.1, 0.15) is 11.3 Å². The second kappa shape index (κ2) is 8.02. The third-order valence-electron chi connectivity index (χ3n) is 4.65. The lowest BCUT2D eigenvalue weighted by Gasteiger charge is -2.06. The molecule has 1 heterocycles. The highest BCUT2D eigenvalue weighted by Gasteiger charge is 2.14. The van der Waals surface area contributed by atoms with Crippen LogP contribution < -0.4 is 0 Å². The van der Waals surface area contributed by atoms with Gasteiger partial charge in [0.15, 0.2) is 12.4 Å². The van der Waals surface area contributed by atoms with E-state index in [1.54, 1.807) is 18.2 Å². The quantitative estimate of drug-likeness (QED) is 0.381. The number of Topliss-reactive ketones (excluding diaryl/α,β-unsaturated/α-hetero) is 1. The molecule has 0 spiro atoms. The molecule has 0 amide bonds. The average molecular weight is 386 g/mol. The zero-order valence-electron chi connectivity index (χ0n) is 15.5. The lowest BCUT2D eigenvalue weighted by molar-refractivity contribution is -0.141. The van der Waals surface area contributed by atoms with Crippen LogP contribution in [0.5, 0.6) is 5.75 Å². The van der Waals surface area contributed by atoms with Gasteiger partial charge < -0.3 is 14.3 Å². The molecule has 0 aliphatic carbocycles. The minimum absolute atomic E-state index is 0.0159. The van der Waals surface area contributed by atoms with Crippen LogP contribution in [0.4, 0.5) is 0 Å². The van der Waals surface area contributed by atoms with Crippen molar-refractivity contribution < 1.29 is 23.8 Å². The molecule has 0 aliphatic heterocycles. The smallest absolute Gasteiger partial charge is 0.310 e. The summed E-state index contributed by atoms with van der Waals surface area (Å²) in [5.41, 5.74) is 3.70. The molecule has 0 unspecified atom stereocenters. The summed E-state index contributed by atoms with van der Waals surface area (Å²) in [7, 11) is 0. The number of carbonyl (C=O) groups is 2. The van der Waals surface area contributed by atoms with Crippen LogP contribution in [-0.4, -0.2) is 23.5 Å². The molecule has 3 aromatic carbocycles. The van der Waals surface area contributed by atoms with Gasteiger partial charge in [0.25, 0.3) is 0 Å². The average Bonchev–Trinajstić information content (AvgIpc) is 3.14. The fourth-order valence-corrected chi connectivity index (χ4v) is 3.12. The summed E-state index contributed by atoms with van der Waals surface area (Å²) in [5, 5.41) is 10.2. The number of ether oxygens (including phenoxy) is 1. The first-order valence-corrected chi connectivity index (χ1v) is 9.13. The minimum Gasteiger partial charge on any atom is -0.508 e. The lowest BCUT2D eigenvalue weighted by atomic mass is 10.0. The summed E-state index contributed by atoms with van der Waals surface area (Å²) in [5.74, 6) is -0.695. The Morgan fingerprint density at radius 1 is 0.897 bits per heavy atom. The molecule has 0 saturated carbocycles. The third-order valence-corrected chi connectivity index (χ3v) is 4.65. The maximum Gasteiger partial charge on any atom is 0.310 e. The summed E-state index contributed by atoms with van der Waals surface area (Å²) in [4.78, 5) is 24.5. The molecule has 144 valence electrons. The number of phenols is 1. The van der Waals surface area contributed by atoms with E-state index in [1.807, 2.05) is 42.5 Å². The summed E-state index contributed by atoms with van der Waals surface area (Å²) >= 11 is 0. The van der Waals surface area contributed by atoms with Crippen LogP contribution in [0, 0.1) is 0 Å². The van der Waals surface area contributed by atoms with Gasteiger partial charge in [0, 0.05) is 22.6 Å². The second-order valence-electron chi connectivity index (χ2n) is 6.65. The molecule has 0 radical (unpaired) electrons. The zero-order chi connectivity index (χ0) is 20.2. The van der Waals surface area contributed by atoms with Gasteiger partial charge in [0.2, 0.25) is 0 Å². The summed E-state index contributed by atoms with van der Waals surface area (Å²) in [6.45, 7) is -0.319. The Labute approximate surface area is 167 Å². The molecular weight excluding hydrogens is 368 g/mol. The predicted octanol–water partition coefficient (Wildman–Crippen LogP) is 4.77. The molecule has 0 fully saturated rings. The van der Waals surface area contributed by atoms with Crippen molar-refractivity contribution in [2.24, 2.45) is 0 Å². The van der Waals surface area contributed by atoms with Crippen molar-refractivity contribution in [1.29, 1.82) is 0 Å². The Bertz CT molecular complexity index is 1160. The maximum absolute atomic E-state index is 12.3. The van der Waals surface area contributed by atoms with Crippen LogP contribution in [0.2, 0.25) is 0 Å². The van der Waals surface area contributed by atoms with Crippen molar-refractivity contribution in [2.45, 2.75) is 6.42 Å². The van der Waals surface area contributed by atoms with Crippen molar-refractivity contribution in [3.63, 3.8) is 0 Å². The molecule has 1 N–H and O–H groups in total. The number of benzene rings is 3. The number of phenolic OH excluding ortho intramolecular Hbond substituents is 1. The van der Waals surface area contributed by atoms with Crippen LogP contribution in [0.15, 0.2) is 83.5 Å². The van der Waals surface area contributed by atoms with Gasteiger partial charge >= 0.3 is 5.97 Å². The number of hydrogen-bond donors (Lipinski definition) is 1. The van der Waals surface area contributed by atoms with Crippen LogP contribution >= 0.6 is 0 Å². The normalized spacial score (nSPS) is 10.8. The van der Waals surface area contributed by atoms with Crippen LogP contribution in [-0.2, 0) is 16.0 Å². The van der Waals surface area contributed by atoms with Crippen LogP contribution in [0.1, 0.15) is 15.9 Å². The number of esters is 1. The van der Waals surface area contributed by atoms with E-state index >= 15 is 0 Å². The standard InChI is InChI=1S/C24H18O5/c25-20-10-11-21-19(14-28-23(21)13-20)12-24(27)29-15-22(26)18-8-6-17(7-9-18)16-4-2-1-3-5-16/h1-11,13-14,25H,12,15H2. The van der Waals surface area contributed by atoms with Crippen molar-refractivity contribution in [1.82, 2.24) is 0 Å². The number of hydrogen-bond acceptors (Lipinski definition) is 5. The molecule has 0 bridgehead atoms. The van der Waals surface area contributed by atoms with Gasteiger partial charge in [-0.3, -0.25) is 9.59 Å². The Morgan fingerprint density at radius 3 is 2.38 bits per heavy atom. The van der Waals surface area contributed by atoms with Gasteiger partial charge in [0.05, 0.1) is 12.7 Å². The highest BCUT2D eigenvalue weighted by molar-refractivity contribution is 5.98. The first-order valence-electron chi connectivity index (χ1n) is 9.13. The topological polar surface area (TPSA) is 76.7 Å². The molecule has 1 aromatic heterocycles. The number of rotatable bonds is 6. The summed E-state index contributed by atoms with van der Waals surface area (Å²) in [6, 6.07) is 21.8. The largest absolute Gasteiger partial charge is 0.508 e. The van der Waals surface area contributed by atoms with E-state index in [0.717, 1.165) is 16.5 Å². The molecule has 4 rings (SSSR count). The van der Waals surface area contributed by atoms with E-state index in [2.05, 4.69) is 0 Å². The number of fused-ring (bicyclic) bond motifs is 1. The number of ketones is 1. The summed E-state index contributed by atoms with van der Waals surface area (Å²) in [6.07, 6.45) is 1.44. The number of furan rings is 1. The molecule has 0 atom stereocenters. The number of aromatic hydroxyl groups is 1. The summed E-state index contributed by atoms with van der Waals surface area (Å²) < 4.78 is 10.5. The van der Waals surface area contributed by atoms with Crippen molar-refractivity contribution in [2.75, 3.05) is 6.61 Å². The van der Waals surface area contributed by atoms with Gasteiger partial charge in [-0.05, 0) is 23.3 Å². The van der Waals surface area contributed by atoms with Gasteiger partial charge in [-0.15, -0.1) is 0 Å². The maximum atomic E-state index is 12.3. The fourth-order valence-electron chi connectivity index (χ4n) is 3.12. The van der Waals surface area contributed by atoms with E-state index in [9.17, 15) is 14.7 Å². The Kier molecular flexibility index (Phi) is 5.12. The monoisotopic (exact) mass is 386 g/mol. The SMILES string of the molecule is O=C(Cc1coc2cc(O)ccc12)OCC(=O)c1ccc(-c2ccccc2)cc1. The first-order chi connectivity index (χ1) is 14.1. The second-order valence-corrected chi connectivity index (χ2v) is 6.65. The van der Waals surface area contributed by atoms with E-state index < -0.39 is 5.97 Å². The molecular formula is C24H18O5. The zero-order valence-corrected chi connectivity index (χ0v) is 15.5. The molecule has 0 aliphatic rings. The third kappa shape index (κ3) is 4.19. The minimum atomic E-state index is -0.518. The first kappa shape index (κ1) is 18.5. The van der Waals surface area contributed by atoms with Gasteiger partial charge in [-0.25, -0.2) is 0 Å². The van der Waals surface area contributed by atoms with Crippen LogP contribution in [0.25, 0.3) is 22.1 Å². The Morgan fingerprint density at radius 2 is 1.62 bits per heavy atom.